The van der Waals surface area contributed by atoms with Crippen molar-refractivity contribution in [2.45, 2.75) is 17.7 Å². The van der Waals surface area contributed by atoms with E-state index in [2.05, 4.69) is 15.9 Å². The first-order valence-corrected chi connectivity index (χ1v) is 9.24. The minimum absolute atomic E-state index is 0.0508. The zero-order valence-electron chi connectivity index (χ0n) is 12.0. The Labute approximate surface area is 139 Å². The monoisotopic (exact) mass is 383 g/mol. The van der Waals surface area contributed by atoms with Gasteiger partial charge < -0.3 is 5.11 Å². The molecule has 0 saturated heterocycles. The lowest BCUT2D eigenvalue weighted by Crippen LogP contribution is -2.32. The maximum Gasteiger partial charge on any atom is 0.264 e. The van der Waals surface area contributed by atoms with Crippen LogP contribution in [0.4, 0.5) is 5.69 Å². The van der Waals surface area contributed by atoms with Gasteiger partial charge >= 0.3 is 0 Å². The molecule has 0 unspecified atom stereocenters. The van der Waals surface area contributed by atoms with Crippen LogP contribution in [-0.4, -0.2) is 26.7 Å². The molecular weight excluding hydrogens is 366 g/mol. The number of nitrogens with zero attached hydrogens (tertiary/aromatic N) is 1. The fourth-order valence-corrected chi connectivity index (χ4v) is 4.27. The van der Waals surface area contributed by atoms with Crippen molar-refractivity contribution < 1.29 is 13.5 Å². The van der Waals surface area contributed by atoms with Crippen LogP contribution in [0.3, 0.4) is 0 Å². The van der Waals surface area contributed by atoms with Crippen molar-refractivity contribution in [3.05, 3.63) is 59.1 Å². The number of unbranched alkanes of at least 4 members (excludes halogenated alkanes) is 1. The van der Waals surface area contributed by atoms with Crippen molar-refractivity contribution in [3.63, 3.8) is 0 Å². The minimum Gasteiger partial charge on any atom is -0.396 e. The van der Waals surface area contributed by atoms with Gasteiger partial charge in [-0.25, -0.2) is 8.42 Å². The van der Waals surface area contributed by atoms with E-state index >= 15 is 0 Å². The molecule has 4 nitrogen and oxygen atoms in total. The van der Waals surface area contributed by atoms with Gasteiger partial charge in [0.05, 0.1) is 10.6 Å². The van der Waals surface area contributed by atoms with Crippen molar-refractivity contribution in [1.29, 1.82) is 0 Å². The second-order valence-corrected chi connectivity index (χ2v) is 7.49. The number of sulfonamides is 1. The van der Waals surface area contributed by atoms with E-state index in [9.17, 15) is 8.42 Å². The molecule has 6 heteroatoms. The summed E-state index contributed by atoms with van der Waals surface area (Å²) in [6, 6.07) is 15.6. The van der Waals surface area contributed by atoms with Crippen LogP contribution in [0.15, 0.2) is 64.0 Å². The van der Waals surface area contributed by atoms with Crippen LogP contribution in [0.2, 0.25) is 0 Å². The third-order valence-electron chi connectivity index (χ3n) is 3.22. The smallest absolute Gasteiger partial charge is 0.264 e. The molecule has 1 N–H and O–H groups in total. The highest BCUT2D eigenvalue weighted by molar-refractivity contribution is 9.10. The summed E-state index contributed by atoms with van der Waals surface area (Å²) in [6.07, 6.45) is 1.15. The molecular formula is C16H18BrNO3S. The molecule has 0 aromatic heterocycles. The van der Waals surface area contributed by atoms with Crippen LogP contribution in [0, 0.1) is 0 Å². The highest BCUT2D eigenvalue weighted by atomic mass is 79.9. The van der Waals surface area contributed by atoms with Crippen molar-refractivity contribution >= 4 is 31.6 Å². The molecule has 0 aliphatic rings. The molecule has 0 spiro atoms. The summed E-state index contributed by atoms with van der Waals surface area (Å²) in [4.78, 5) is 0.259. The molecule has 118 valence electrons. The Balaban J connectivity index is 2.42. The molecule has 0 fully saturated rings. The van der Waals surface area contributed by atoms with E-state index in [1.807, 2.05) is 12.1 Å². The van der Waals surface area contributed by atoms with Gasteiger partial charge in [-0.2, -0.15) is 0 Å². The van der Waals surface area contributed by atoms with Crippen LogP contribution in [0.25, 0.3) is 0 Å². The van der Waals surface area contributed by atoms with E-state index in [1.165, 1.54) is 4.31 Å². The Hall–Kier alpha value is -1.37. The maximum atomic E-state index is 12.9. The van der Waals surface area contributed by atoms with Gasteiger partial charge in [0.25, 0.3) is 10.0 Å². The number of para-hydroxylation sites is 1. The number of halogens is 1. The Kier molecular flexibility index (Phi) is 5.99. The number of benzene rings is 2. The first kappa shape index (κ1) is 17.0. The van der Waals surface area contributed by atoms with E-state index in [0.29, 0.717) is 25.1 Å². The summed E-state index contributed by atoms with van der Waals surface area (Å²) in [5.41, 5.74) is 0.601. The highest BCUT2D eigenvalue weighted by Crippen LogP contribution is 2.30. The Morgan fingerprint density at radius 1 is 0.955 bits per heavy atom. The number of aliphatic hydroxyl groups is 1. The number of aliphatic hydroxyl groups excluding tert-OH is 1. The molecule has 0 bridgehead atoms. The lowest BCUT2D eigenvalue weighted by Gasteiger charge is -2.25. The fourth-order valence-electron chi connectivity index (χ4n) is 2.11. The van der Waals surface area contributed by atoms with Crippen molar-refractivity contribution in [1.82, 2.24) is 0 Å². The molecule has 0 heterocycles. The van der Waals surface area contributed by atoms with E-state index in [1.54, 1.807) is 42.5 Å². The van der Waals surface area contributed by atoms with Gasteiger partial charge in [0.15, 0.2) is 0 Å². The summed E-state index contributed by atoms with van der Waals surface area (Å²) in [6.45, 7) is 0.371. The predicted octanol–water partition coefficient (Wildman–Crippen LogP) is 3.42. The molecule has 0 aliphatic heterocycles. The van der Waals surface area contributed by atoms with Gasteiger partial charge in [-0.1, -0.05) is 30.3 Å². The molecule has 2 aromatic rings. The van der Waals surface area contributed by atoms with Crippen LogP contribution in [0.5, 0.6) is 0 Å². The van der Waals surface area contributed by atoms with Gasteiger partial charge in [0, 0.05) is 17.6 Å². The number of hydrogen-bond donors (Lipinski definition) is 1. The van der Waals surface area contributed by atoms with Gasteiger partial charge in [0.2, 0.25) is 0 Å². The Bertz CT molecular complexity index is 704. The molecule has 0 atom stereocenters. The lowest BCUT2D eigenvalue weighted by atomic mass is 10.3. The topological polar surface area (TPSA) is 57.6 Å². The molecule has 22 heavy (non-hydrogen) atoms. The third-order valence-corrected chi connectivity index (χ3v) is 5.72. The number of anilines is 1. The van der Waals surface area contributed by atoms with E-state index in [4.69, 9.17) is 5.11 Å². The normalized spacial score (nSPS) is 11.4. The summed E-state index contributed by atoms with van der Waals surface area (Å²) < 4.78 is 28.0. The van der Waals surface area contributed by atoms with Crippen molar-refractivity contribution in [3.8, 4) is 0 Å². The Morgan fingerprint density at radius 2 is 1.59 bits per heavy atom. The largest absolute Gasteiger partial charge is 0.396 e. The van der Waals surface area contributed by atoms with Crippen molar-refractivity contribution in [2.24, 2.45) is 0 Å². The fraction of sp³-hybridized carbons (Fsp3) is 0.250. The predicted molar refractivity (Wildman–Crippen MR) is 91.4 cm³/mol. The lowest BCUT2D eigenvalue weighted by molar-refractivity contribution is 0.285. The van der Waals surface area contributed by atoms with E-state index < -0.39 is 10.0 Å². The number of hydrogen-bond acceptors (Lipinski definition) is 3. The Morgan fingerprint density at radius 3 is 2.23 bits per heavy atom. The first-order valence-electron chi connectivity index (χ1n) is 7.00. The zero-order chi connectivity index (χ0) is 16.0. The molecule has 0 radical (unpaired) electrons. The van der Waals surface area contributed by atoms with Crippen LogP contribution < -0.4 is 4.31 Å². The molecule has 2 rings (SSSR count). The molecule has 2 aromatic carbocycles. The highest BCUT2D eigenvalue weighted by Gasteiger charge is 2.25. The summed E-state index contributed by atoms with van der Waals surface area (Å²) in [5.74, 6) is 0. The van der Waals surface area contributed by atoms with Crippen molar-refractivity contribution in [2.75, 3.05) is 17.5 Å². The molecule has 0 aliphatic carbocycles. The average molecular weight is 384 g/mol. The van der Waals surface area contributed by atoms with E-state index in [0.717, 1.165) is 4.47 Å². The minimum atomic E-state index is -3.64. The number of rotatable bonds is 7. The summed E-state index contributed by atoms with van der Waals surface area (Å²) in [5, 5.41) is 8.95. The standard InChI is InChI=1S/C16H18BrNO3S/c17-15-10-4-5-11-16(15)18(12-6-7-13-19)22(20,21)14-8-2-1-3-9-14/h1-5,8-11,19H,6-7,12-13H2. The second-order valence-electron chi connectivity index (χ2n) is 4.77. The quantitative estimate of drug-likeness (QED) is 0.745. The maximum absolute atomic E-state index is 12.9. The van der Waals surface area contributed by atoms with Crippen LogP contribution in [0.1, 0.15) is 12.8 Å². The average Bonchev–Trinajstić information content (AvgIpc) is 2.53. The van der Waals surface area contributed by atoms with Gasteiger partial charge in [-0.15, -0.1) is 0 Å². The van der Waals surface area contributed by atoms with Crippen LogP contribution in [-0.2, 0) is 10.0 Å². The molecule has 0 saturated carbocycles. The first-order chi connectivity index (χ1) is 10.6. The molecule has 0 amide bonds. The summed E-state index contributed by atoms with van der Waals surface area (Å²) in [7, 11) is -3.64. The third kappa shape index (κ3) is 3.88. The summed E-state index contributed by atoms with van der Waals surface area (Å²) >= 11 is 3.42. The second kappa shape index (κ2) is 7.76. The van der Waals surface area contributed by atoms with Gasteiger partial charge in [-0.3, -0.25) is 4.31 Å². The van der Waals surface area contributed by atoms with Crippen LogP contribution >= 0.6 is 15.9 Å². The van der Waals surface area contributed by atoms with Gasteiger partial charge in [0.1, 0.15) is 0 Å². The van der Waals surface area contributed by atoms with Gasteiger partial charge in [-0.05, 0) is 53.0 Å². The SMILES string of the molecule is O=S(=O)(c1ccccc1)N(CCCCO)c1ccccc1Br. The zero-order valence-corrected chi connectivity index (χ0v) is 14.4. The van der Waals surface area contributed by atoms with E-state index in [-0.39, 0.29) is 11.5 Å².